The van der Waals surface area contributed by atoms with E-state index in [0.29, 0.717) is 29.6 Å². The molecule has 0 atom stereocenters. The summed E-state index contributed by atoms with van der Waals surface area (Å²) in [5.74, 6) is 0.919. The molecule has 1 aliphatic heterocycles. The Labute approximate surface area is 213 Å². The van der Waals surface area contributed by atoms with Gasteiger partial charge in [-0.3, -0.25) is 9.69 Å². The summed E-state index contributed by atoms with van der Waals surface area (Å²) in [6.07, 6.45) is 4.83. The van der Waals surface area contributed by atoms with Crippen LogP contribution in [-0.2, 0) is 14.8 Å². The third kappa shape index (κ3) is 6.43. The zero-order valence-corrected chi connectivity index (χ0v) is 22.5. The van der Waals surface area contributed by atoms with Crippen molar-refractivity contribution in [3.8, 4) is 11.5 Å². The first-order chi connectivity index (χ1) is 16.3. The molecule has 0 N–H and O–H groups in total. The number of thioether (sulfide) groups is 1. The van der Waals surface area contributed by atoms with Crippen LogP contribution in [0.4, 0.5) is 0 Å². The van der Waals surface area contributed by atoms with Crippen molar-refractivity contribution in [1.82, 2.24) is 4.90 Å². The second-order valence-corrected chi connectivity index (χ2v) is 11.0. The highest BCUT2D eigenvalue weighted by atomic mass is 79.9. The van der Waals surface area contributed by atoms with Crippen LogP contribution in [0.15, 0.2) is 61.1 Å². The molecule has 10 heteroatoms. The molecule has 3 rings (SSSR count). The highest BCUT2D eigenvalue weighted by molar-refractivity contribution is 9.10. The standard InChI is InChI=1S/C24H27BrN2O5S2/c1-4-6-7-14-32-21-15-17(8-13-20(21)31-3)16-22-23(28)27(5-2)24(33-22)26-34(29,30)19-11-9-18(25)10-12-19/h8-13,15-16H,4-7,14H2,1-3H3/b22-16-,26-24+. The summed E-state index contributed by atoms with van der Waals surface area (Å²) < 4.78 is 41.6. The van der Waals surface area contributed by atoms with Gasteiger partial charge in [0.05, 0.1) is 23.5 Å². The number of unbranched alkanes of at least 4 members (excludes halogenated alkanes) is 2. The van der Waals surface area contributed by atoms with Gasteiger partial charge in [-0.1, -0.05) is 41.8 Å². The molecule has 1 heterocycles. The molecule has 0 radical (unpaired) electrons. The van der Waals surface area contributed by atoms with E-state index in [1.807, 2.05) is 12.1 Å². The van der Waals surface area contributed by atoms with Gasteiger partial charge in [-0.15, -0.1) is 4.40 Å². The Kier molecular flexibility index (Phi) is 9.21. The number of nitrogens with zero attached hydrogens (tertiary/aromatic N) is 2. The maximum Gasteiger partial charge on any atom is 0.284 e. The number of carbonyl (C=O) groups excluding carboxylic acids is 1. The minimum absolute atomic E-state index is 0.0600. The zero-order valence-electron chi connectivity index (χ0n) is 19.3. The molecule has 1 fully saturated rings. The Hall–Kier alpha value is -2.30. The quantitative estimate of drug-likeness (QED) is 0.270. The number of amides is 1. The molecule has 2 aromatic carbocycles. The van der Waals surface area contributed by atoms with Gasteiger partial charge in [0.25, 0.3) is 15.9 Å². The highest BCUT2D eigenvalue weighted by Gasteiger charge is 2.34. The van der Waals surface area contributed by atoms with Crippen LogP contribution in [0.1, 0.15) is 38.7 Å². The maximum atomic E-state index is 13.0. The van der Waals surface area contributed by atoms with Crippen LogP contribution < -0.4 is 9.47 Å². The van der Waals surface area contributed by atoms with E-state index in [1.165, 1.54) is 17.0 Å². The first kappa shape index (κ1) is 26.3. The number of methoxy groups -OCH3 is 1. The molecule has 182 valence electrons. The molecular formula is C24H27BrN2O5S2. The van der Waals surface area contributed by atoms with Crippen molar-refractivity contribution in [3.05, 3.63) is 57.4 Å². The summed E-state index contributed by atoms with van der Waals surface area (Å²) in [5.41, 5.74) is 0.746. The summed E-state index contributed by atoms with van der Waals surface area (Å²) in [5, 5.41) is 0.131. The van der Waals surface area contributed by atoms with Crippen molar-refractivity contribution in [3.63, 3.8) is 0 Å². The third-order valence-electron chi connectivity index (χ3n) is 5.00. The van der Waals surface area contributed by atoms with E-state index in [4.69, 9.17) is 9.47 Å². The number of carbonyl (C=O) groups is 1. The van der Waals surface area contributed by atoms with Crippen LogP contribution >= 0.6 is 27.7 Å². The summed E-state index contributed by atoms with van der Waals surface area (Å²) in [7, 11) is -2.39. The van der Waals surface area contributed by atoms with Crippen molar-refractivity contribution < 1.29 is 22.7 Å². The van der Waals surface area contributed by atoms with Crippen LogP contribution in [0, 0.1) is 0 Å². The van der Waals surface area contributed by atoms with Crippen LogP contribution in [0.5, 0.6) is 11.5 Å². The number of amidine groups is 1. The van der Waals surface area contributed by atoms with Gasteiger partial charge in [0.2, 0.25) is 0 Å². The smallest absolute Gasteiger partial charge is 0.284 e. The van der Waals surface area contributed by atoms with Crippen molar-refractivity contribution in [2.75, 3.05) is 20.3 Å². The number of benzene rings is 2. The molecule has 0 spiro atoms. The second kappa shape index (κ2) is 11.9. The zero-order chi connectivity index (χ0) is 24.7. The van der Waals surface area contributed by atoms with Gasteiger partial charge in [-0.25, -0.2) is 0 Å². The van der Waals surface area contributed by atoms with Gasteiger partial charge in [-0.2, -0.15) is 8.42 Å². The first-order valence-electron chi connectivity index (χ1n) is 10.9. The van der Waals surface area contributed by atoms with Gasteiger partial charge in [0.15, 0.2) is 16.7 Å². The lowest BCUT2D eigenvalue weighted by atomic mass is 10.2. The Morgan fingerprint density at radius 3 is 2.47 bits per heavy atom. The number of ether oxygens (including phenoxy) is 2. The van der Waals surface area contributed by atoms with Crippen molar-refractivity contribution in [1.29, 1.82) is 0 Å². The van der Waals surface area contributed by atoms with Gasteiger partial charge in [0.1, 0.15) is 0 Å². The molecular weight excluding hydrogens is 540 g/mol. The minimum Gasteiger partial charge on any atom is -0.493 e. The fraction of sp³-hybridized carbons (Fsp3) is 0.333. The molecule has 0 bridgehead atoms. The Bertz CT molecular complexity index is 1190. The Morgan fingerprint density at radius 2 is 1.82 bits per heavy atom. The predicted octanol–water partition coefficient (Wildman–Crippen LogP) is 5.71. The lowest BCUT2D eigenvalue weighted by molar-refractivity contribution is -0.122. The monoisotopic (exact) mass is 566 g/mol. The lowest BCUT2D eigenvalue weighted by Crippen LogP contribution is -2.29. The maximum absolute atomic E-state index is 13.0. The molecule has 0 saturated carbocycles. The van der Waals surface area contributed by atoms with Gasteiger partial charge < -0.3 is 9.47 Å². The number of hydrogen-bond donors (Lipinski definition) is 0. The average Bonchev–Trinajstić information content (AvgIpc) is 3.10. The molecule has 7 nitrogen and oxygen atoms in total. The van der Waals surface area contributed by atoms with E-state index < -0.39 is 10.0 Å². The van der Waals surface area contributed by atoms with E-state index in [1.54, 1.807) is 38.3 Å². The van der Waals surface area contributed by atoms with Gasteiger partial charge >= 0.3 is 0 Å². The topological polar surface area (TPSA) is 85.3 Å². The fourth-order valence-corrected chi connectivity index (χ4v) is 5.71. The summed E-state index contributed by atoms with van der Waals surface area (Å²) in [6, 6.07) is 11.6. The summed E-state index contributed by atoms with van der Waals surface area (Å²) >= 11 is 4.33. The Balaban J connectivity index is 1.88. The molecule has 0 unspecified atom stereocenters. The van der Waals surface area contributed by atoms with Crippen molar-refractivity contribution in [2.45, 2.75) is 38.0 Å². The molecule has 2 aromatic rings. The first-order valence-corrected chi connectivity index (χ1v) is 14.0. The number of likely N-dealkylation sites (N-methyl/N-ethyl adjacent to an activating group) is 1. The van der Waals surface area contributed by atoms with Crippen LogP contribution in [0.3, 0.4) is 0 Å². The number of hydrogen-bond acceptors (Lipinski definition) is 6. The second-order valence-electron chi connectivity index (χ2n) is 7.43. The van der Waals surface area contributed by atoms with Crippen LogP contribution in [-0.4, -0.2) is 44.7 Å². The van der Waals surface area contributed by atoms with Crippen molar-refractivity contribution in [2.24, 2.45) is 4.40 Å². The van der Waals surface area contributed by atoms with E-state index >= 15 is 0 Å². The largest absolute Gasteiger partial charge is 0.493 e. The molecule has 0 aliphatic carbocycles. The SMILES string of the molecule is CCCCCOc1cc(/C=C2\S/C(=N/S(=O)(=O)c3ccc(Br)cc3)N(CC)C2=O)ccc1OC. The lowest BCUT2D eigenvalue weighted by Gasteiger charge is -2.12. The van der Waals surface area contributed by atoms with Crippen LogP contribution in [0.25, 0.3) is 6.08 Å². The fourth-order valence-electron chi connectivity index (χ4n) is 3.20. The van der Waals surface area contributed by atoms with E-state index in [-0.39, 0.29) is 16.0 Å². The highest BCUT2D eigenvalue weighted by Crippen LogP contribution is 2.35. The Morgan fingerprint density at radius 1 is 1.09 bits per heavy atom. The number of rotatable bonds is 10. The van der Waals surface area contributed by atoms with E-state index in [9.17, 15) is 13.2 Å². The van der Waals surface area contributed by atoms with E-state index in [0.717, 1.165) is 41.1 Å². The molecule has 0 aromatic heterocycles. The molecule has 34 heavy (non-hydrogen) atoms. The van der Waals surface area contributed by atoms with Gasteiger partial charge in [0, 0.05) is 11.0 Å². The summed E-state index contributed by atoms with van der Waals surface area (Å²) in [4.78, 5) is 14.8. The molecule has 1 amide bonds. The average molecular weight is 568 g/mol. The molecule has 1 aliphatic rings. The van der Waals surface area contributed by atoms with Crippen LogP contribution in [0.2, 0.25) is 0 Å². The number of sulfonamides is 1. The predicted molar refractivity (Wildman–Crippen MR) is 140 cm³/mol. The van der Waals surface area contributed by atoms with Gasteiger partial charge in [-0.05, 0) is 73.1 Å². The third-order valence-corrected chi connectivity index (χ3v) is 7.94. The number of halogens is 1. The van der Waals surface area contributed by atoms with E-state index in [2.05, 4.69) is 27.3 Å². The minimum atomic E-state index is -3.97. The van der Waals surface area contributed by atoms with Crippen molar-refractivity contribution >= 4 is 54.9 Å². The molecule has 1 saturated heterocycles. The summed E-state index contributed by atoms with van der Waals surface area (Å²) in [6.45, 7) is 4.78. The normalized spacial score (nSPS) is 16.5.